The molecule has 1 amide bonds. The second-order valence-electron chi connectivity index (χ2n) is 7.41. The molecule has 3 aromatic rings. The lowest BCUT2D eigenvalue weighted by Crippen LogP contribution is -2.38. The number of hydrogen-bond donors (Lipinski definition) is 1. The molecule has 1 fully saturated rings. The number of nitrogens with zero attached hydrogens (tertiary/aromatic N) is 4. The van der Waals surface area contributed by atoms with Gasteiger partial charge in [-0.2, -0.15) is 0 Å². The quantitative estimate of drug-likeness (QED) is 0.676. The highest BCUT2D eigenvalue weighted by molar-refractivity contribution is 5.94. The zero-order valence-corrected chi connectivity index (χ0v) is 17.2. The van der Waals surface area contributed by atoms with Gasteiger partial charge in [0, 0.05) is 44.1 Å². The number of nitrogens with one attached hydrogen (secondary N) is 1. The summed E-state index contributed by atoms with van der Waals surface area (Å²) in [5, 5.41) is 11.4. The van der Waals surface area contributed by atoms with Crippen LogP contribution >= 0.6 is 0 Å². The van der Waals surface area contributed by atoms with E-state index in [2.05, 4.69) is 20.6 Å². The van der Waals surface area contributed by atoms with Crippen molar-refractivity contribution < 1.29 is 14.3 Å². The third-order valence-corrected chi connectivity index (χ3v) is 5.18. The van der Waals surface area contributed by atoms with Crippen molar-refractivity contribution in [2.24, 2.45) is 7.05 Å². The number of hydrogen-bond acceptors (Lipinski definition) is 6. The van der Waals surface area contributed by atoms with Gasteiger partial charge in [-0.15, -0.1) is 5.10 Å². The molecule has 0 saturated carbocycles. The van der Waals surface area contributed by atoms with Crippen LogP contribution in [0.5, 0.6) is 5.88 Å². The van der Waals surface area contributed by atoms with Crippen LogP contribution in [0.2, 0.25) is 0 Å². The molecule has 0 radical (unpaired) electrons. The lowest BCUT2D eigenvalue weighted by Gasteiger charge is -2.23. The second kappa shape index (κ2) is 9.04. The molecule has 1 aliphatic rings. The van der Waals surface area contributed by atoms with Gasteiger partial charge in [0.2, 0.25) is 5.88 Å². The molecule has 0 aliphatic carbocycles. The number of carbonyl (C=O) groups excluding carboxylic acids is 1. The molecule has 30 heavy (non-hydrogen) atoms. The van der Waals surface area contributed by atoms with E-state index >= 15 is 0 Å². The van der Waals surface area contributed by atoms with Gasteiger partial charge >= 0.3 is 0 Å². The summed E-state index contributed by atoms with van der Waals surface area (Å²) in [5.74, 6) is 0.312. The van der Waals surface area contributed by atoms with Crippen LogP contribution in [0, 0.1) is 6.92 Å². The molecule has 0 atom stereocenters. The highest BCUT2D eigenvalue weighted by Crippen LogP contribution is 2.22. The molecule has 3 heterocycles. The van der Waals surface area contributed by atoms with Gasteiger partial charge in [0.15, 0.2) is 0 Å². The predicted octanol–water partition coefficient (Wildman–Crippen LogP) is 2.67. The normalized spacial score (nSPS) is 14.5. The third-order valence-electron chi connectivity index (χ3n) is 5.18. The molecule has 4 rings (SSSR count). The number of ether oxygens (including phenoxy) is 2. The van der Waals surface area contributed by atoms with Crippen LogP contribution in [-0.4, -0.2) is 45.1 Å². The summed E-state index contributed by atoms with van der Waals surface area (Å²) in [6.07, 6.45) is 3.21. The first-order valence-corrected chi connectivity index (χ1v) is 10.0. The van der Waals surface area contributed by atoms with Gasteiger partial charge in [-0.05, 0) is 25.8 Å². The van der Waals surface area contributed by atoms with Crippen LogP contribution in [0.25, 0.3) is 11.3 Å². The zero-order chi connectivity index (χ0) is 20.9. The second-order valence-corrected chi connectivity index (χ2v) is 7.41. The van der Waals surface area contributed by atoms with Crippen molar-refractivity contribution in [3.63, 3.8) is 0 Å². The molecule has 0 bridgehead atoms. The Balaban J connectivity index is 1.39. The minimum absolute atomic E-state index is 0.126. The molecular formula is C22H25N5O3. The van der Waals surface area contributed by atoms with Crippen LogP contribution < -0.4 is 10.1 Å². The Morgan fingerprint density at radius 1 is 1.20 bits per heavy atom. The van der Waals surface area contributed by atoms with Crippen molar-refractivity contribution in [1.29, 1.82) is 0 Å². The van der Waals surface area contributed by atoms with E-state index in [9.17, 15) is 4.79 Å². The number of aromatic nitrogens is 4. The summed E-state index contributed by atoms with van der Waals surface area (Å²) in [6.45, 7) is 3.68. The zero-order valence-electron chi connectivity index (χ0n) is 17.2. The number of carbonyl (C=O) groups is 1. The van der Waals surface area contributed by atoms with Crippen LogP contribution in [0.15, 0.2) is 42.6 Å². The Hall–Kier alpha value is -3.26. The maximum absolute atomic E-state index is 12.4. The Kier molecular flexibility index (Phi) is 6.04. The lowest BCUT2D eigenvalue weighted by molar-refractivity contribution is 0.0696. The standard InChI is InChI=1S/C22H25N5O3/c1-15-3-5-16(6-4-15)21-19(27(2)26-25-21)14-30-20-8-7-17(13-23-20)22(28)24-18-9-11-29-12-10-18/h3-8,13,18H,9-12,14H2,1-2H3,(H,24,28). The molecule has 0 unspecified atom stereocenters. The smallest absolute Gasteiger partial charge is 0.253 e. The fraction of sp³-hybridized carbons (Fsp3) is 0.364. The van der Waals surface area contributed by atoms with Crippen molar-refractivity contribution >= 4 is 5.91 Å². The summed E-state index contributed by atoms with van der Waals surface area (Å²) >= 11 is 0. The van der Waals surface area contributed by atoms with E-state index in [0.717, 1.165) is 29.8 Å². The number of pyridine rings is 1. The molecule has 8 heteroatoms. The third kappa shape index (κ3) is 4.65. The van der Waals surface area contributed by atoms with E-state index in [1.807, 2.05) is 38.2 Å². The predicted molar refractivity (Wildman–Crippen MR) is 111 cm³/mol. The fourth-order valence-electron chi connectivity index (χ4n) is 3.33. The van der Waals surface area contributed by atoms with Gasteiger partial charge in [-0.25, -0.2) is 9.67 Å². The average molecular weight is 407 g/mol. The minimum Gasteiger partial charge on any atom is -0.471 e. The summed E-state index contributed by atoms with van der Waals surface area (Å²) in [6, 6.07) is 11.7. The molecule has 1 saturated heterocycles. The number of benzene rings is 1. The van der Waals surface area contributed by atoms with E-state index in [0.29, 0.717) is 24.7 Å². The minimum atomic E-state index is -0.126. The molecule has 1 aromatic carbocycles. The van der Waals surface area contributed by atoms with E-state index in [1.165, 1.54) is 11.8 Å². The van der Waals surface area contributed by atoms with Crippen molar-refractivity contribution in [2.45, 2.75) is 32.4 Å². The maximum Gasteiger partial charge on any atom is 0.253 e. The molecule has 156 valence electrons. The molecule has 8 nitrogen and oxygen atoms in total. The summed E-state index contributed by atoms with van der Waals surface area (Å²) in [5.41, 5.74) is 4.31. The van der Waals surface area contributed by atoms with Crippen LogP contribution in [0.1, 0.15) is 34.5 Å². The van der Waals surface area contributed by atoms with Crippen molar-refractivity contribution in [1.82, 2.24) is 25.3 Å². The highest BCUT2D eigenvalue weighted by Gasteiger charge is 2.18. The van der Waals surface area contributed by atoms with Gasteiger partial charge in [0.25, 0.3) is 5.91 Å². The van der Waals surface area contributed by atoms with E-state index in [-0.39, 0.29) is 18.6 Å². The van der Waals surface area contributed by atoms with E-state index in [1.54, 1.807) is 16.8 Å². The average Bonchev–Trinajstić information content (AvgIpc) is 3.14. The molecule has 1 aliphatic heterocycles. The highest BCUT2D eigenvalue weighted by atomic mass is 16.5. The molecular weight excluding hydrogens is 382 g/mol. The van der Waals surface area contributed by atoms with Crippen molar-refractivity contribution in [3.05, 3.63) is 59.4 Å². The van der Waals surface area contributed by atoms with Crippen LogP contribution in [-0.2, 0) is 18.4 Å². The number of rotatable bonds is 6. The fourth-order valence-corrected chi connectivity index (χ4v) is 3.33. The monoisotopic (exact) mass is 407 g/mol. The first-order valence-electron chi connectivity index (χ1n) is 10.0. The summed E-state index contributed by atoms with van der Waals surface area (Å²) in [7, 11) is 1.83. The maximum atomic E-state index is 12.4. The molecule has 2 aromatic heterocycles. The Morgan fingerprint density at radius 3 is 2.67 bits per heavy atom. The lowest BCUT2D eigenvalue weighted by atomic mass is 10.1. The molecule has 0 spiro atoms. The summed E-state index contributed by atoms with van der Waals surface area (Å²) in [4.78, 5) is 16.7. The van der Waals surface area contributed by atoms with E-state index in [4.69, 9.17) is 9.47 Å². The summed E-state index contributed by atoms with van der Waals surface area (Å²) < 4.78 is 12.9. The van der Waals surface area contributed by atoms with Gasteiger partial charge in [0.05, 0.1) is 5.56 Å². The van der Waals surface area contributed by atoms with Crippen LogP contribution in [0.4, 0.5) is 0 Å². The first kappa shape index (κ1) is 20.0. The van der Waals surface area contributed by atoms with Crippen LogP contribution in [0.3, 0.4) is 0 Å². The first-order chi connectivity index (χ1) is 14.6. The van der Waals surface area contributed by atoms with E-state index < -0.39 is 0 Å². The topological polar surface area (TPSA) is 91.2 Å². The Labute approximate surface area is 175 Å². The Morgan fingerprint density at radius 2 is 1.97 bits per heavy atom. The number of aryl methyl sites for hydroxylation is 2. The number of amides is 1. The van der Waals surface area contributed by atoms with Gasteiger partial charge in [-0.1, -0.05) is 35.0 Å². The molecule has 1 N–H and O–H groups in total. The van der Waals surface area contributed by atoms with Crippen molar-refractivity contribution in [2.75, 3.05) is 13.2 Å². The van der Waals surface area contributed by atoms with Gasteiger partial charge in [-0.3, -0.25) is 4.79 Å². The largest absolute Gasteiger partial charge is 0.471 e. The van der Waals surface area contributed by atoms with Gasteiger partial charge in [0.1, 0.15) is 18.0 Å². The SMILES string of the molecule is Cc1ccc(-c2nnn(C)c2COc2ccc(C(=O)NC3CCOCC3)cn2)cc1. The Bertz CT molecular complexity index is 993. The van der Waals surface area contributed by atoms with Crippen molar-refractivity contribution in [3.8, 4) is 17.1 Å². The van der Waals surface area contributed by atoms with Gasteiger partial charge < -0.3 is 14.8 Å².